The van der Waals surface area contributed by atoms with Crippen molar-refractivity contribution in [3.8, 4) is 0 Å². The normalized spacial score (nSPS) is 47.1. The van der Waals surface area contributed by atoms with Crippen LogP contribution in [-0.2, 0) is 0 Å². The highest BCUT2D eigenvalue weighted by Gasteiger charge is 2.44. The summed E-state index contributed by atoms with van der Waals surface area (Å²) in [5, 5.41) is 19.0. The zero-order valence-corrected chi connectivity index (χ0v) is 7.00. The number of thioether (sulfide) groups is 1. The van der Waals surface area contributed by atoms with Crippen LogP contribution < -0.4 is 0 Å². The Hall–Kier alpha value is 0.01000. The summed E-state index contributed by atoms with van der Waals surface area (Å²) in [6, 6.07) is 0. The maximum absolute atomic E-state index is 9.03. The first-order chi connectivity index (χ1) is 5.36. The maximum Gasteiger partial charge on any atom is 0.0476 e. The van der Waals surface area contributed by atoms with E-state index in [1.165, 1.54) is 0 Å². The van der Waals surface area contributed by atoms with Crippen molar-refractivity contribution in [2.24, 2.45) is 11.8 Å². The van der Waals surface area contributed by atoms with Gasteiger partial charge >= 0.3 is 0 Å². The largest absolute Gasteiger partial charge is 0.396 e. The van der Waals surface area contributed by atoms with Crippen LogP contribution in [0, 0.1) is 11.8 Å². The minimum Gasteiger partial charge on any atom is -0.396 e. The van der Waals surface area contributed by atoms with Gasteiger partial charge in [0.1, 0.15) is 0 Å². The van der Waals surface area contributed by atoms with E-state index in [2.05, 4.69) is 12.2 Å². The van der Waals surface area contributed by atoms with Crippen LogP contribution in [-0.4, -0.2) is 33.9 Å². The summed E-state index contributed by atoms with van der Waals surface area (Å²) in [6.07, 6.45) is 4.31. The monoisotopic (exact) mass is 172 g/mol. The van der Waals surface area contributed by atoms with E-state index in [0.717, 1.165) is 0 Å². The van der Waals surface area contributed by atoms with Gasteiger partial charge in [-0.2, -0.15) is 0 Å². The molecule has 4 unspecified atom stereocenters. The van der Waals surface area contributed by atoms with Crippen molar-refractivity contribution < 1.29 is 10.2 Å². The van der Waals surface area contributed by atoms with Gasteiger partial charge in [0, 0.05) is 35.5 Å². The summed E-state index contributed by atoms with van der Waals surface area (Å²) in [5.74, 6) is 0.583. The fraction of sp³-hybridized carbons (Fsp3) is 0.750. The Bertz CT molecular complexity index is 163. The average molecular weight is 172 g/mol. The van der Waals surface area contributed by atoms with Gasteiger partial charge in [-0.1, -0.05) is 12.2 Å². The van der Waals surface area contributed by atoms with Crippen molar-refractivity contribution in [1.82, 2.24) is 0 Å². The highest BCUT2D eigenvalue weighted by atomic mass is 32.2. The second kappa shape index (κ2) is 2.81. The van der Waals surface area contributed by atoms with Gasteiger partial charge in [0.05, 0.1) is 0 Å². The van der Waals surface area contributed by atoms with Crippen LogP contribution in [0.5, 0.6) is 0 Å². The number of rotatable bonds is 2. The first kappa shape index (κ1) is 7.65. The van der Waals surface area contributed by atoms with Crippen molar-refractivity contribution >= 4 is 11.8 Å². The molecule has 2 heterocycles. The minimum atomic E-state index is 0.212. The Labute approximate surface area is 70.3 Å². The van der Waals surface area contributed by atoms with Crippen LogP contribution >= 0.6 is 11.8 Å². The second-order valence-corrected chi connectivity index (χ2v) is 4.50. The lowest BCUT2D eigenvalue weighted by molar-refractivity contribution is 0.133. The van der Waals surface area contributed by atoms with E-state index in [0.29, 0.717) is 22.3 Å². The van der Waals surface area contributed by atoms with Gasteiger partial charge in [0.15, 0.2) is 0 Å². The lowest BCUT2D eigenvalue weighted by Gasteiger charge is -2.22. The van der Waals surface area contributed by atoms with Crippen LogP contribution in [0.25, 0.3) is 0 Å². The third-order valence-corrected chi connectivity index (χ3v) is 4.26. The van der Waals surface area contributed by atoms with E-state index in [4.69, 9.17) is 10.2 Å². The molecule has 0 aliphatic carbocycles. The van der Waals surface area contributed by atoms with Crippen LogP contribution in [0.2, 0.25) is 0 Å². The van der Waals surface area contributed by atoms with Crippen LogP contribution in [0.1, 0.15) is 0 Å². The summed E-state index contributed by atoms with van der Waals surface area (Å²) in [7, 11) is 0. The van der Waals surface area contributed by atoms with Gasteiger partial charge in [0.2, 0.25) is 0 Å². The molecule has 3 heteroatoms. The molecule has 2 aliphatic rings. The lowest BCUT2D eigenvalue weighted by atomic mass is 9.84. The molecule has 4 atom stereocenters. The first-order valence-electron chi connectivity index (χ1n) is 3.92. The maximum atomic E-state index is 9.03. The predicted molar refractivity (Wildman–Crippen MR) is 45.5 cm³/mol. The van der Waals surface area contributed by atoms with Gasteiger partial charge in [-0.25, -0.2) is 0 Å². The third kappa shape index (κ3) is 1.03. The van der Waals surface area contributed by atoms with Gasteiger partial charge < -0.3 is 10.2 Å². The van der Waals surface area contributed by atoms with Crippen LogP contribution in [0.15, 0.2) is 12.2 Å². The minimum absolute atomic E-state index is 0.212. The smallest absolute Gasteiger partial charge is 0.0476 e. The highest BCUT2D eigenvalue weighted by molar-refractivity contribution is 8.01. The van der Waals surface area contributed by atoms with E-state index in [1.807, 2.05) is 11.8 Å². The van der Waals surface area contributed by atoms with Crippen LogP contribution in [0.4, 0.5) is 0 Å². The predicted octanol–water partition coefficient (Wildman–Crippen LogP) is 0.257. The average Bonchev–Trinajstić information content (AvgIpc) is 2.60. The molecule has 1 fully saturated rings. The Kier molecular flexibility index (Phi) is 1.95. The molecule has 1 saturated heterocycles. The van der Waals surface area contributed by atoms with Gasteiger partial charge in [-0.15, -0.1) is 11.8 Å². The summed E-state index contributed by atoms with van der Waals surface area (Å²) in [5.41, 5.74) is 0. The molecule has 62 valence electrons. The van der Waals surface area contributed by atoms with E-state index < -0.39 is 0 Å². The lowest BCUT2D eigenvalue weighted by Crippen LogP contribution is -2.29. The third-order valence-electron chi connectivity index (χ3n) is 2.62. The van der Waals surface area contributed by atoms with Crippen molar-refractivity contribution in [3.63, 3.8) is 0 Å². The molecular weight excluding hydrogens is 160 g/mol. The zero-order valence-electron chi connectivity index (χ0n) is 6.18. The molecule has 0 spiro atoms. The number of hydrogen-bond donors (Lipinski definition) is 2. The molecule has 2 N–H and O–H groups in total. The SMILES string of the molecule is OCC1C2C=CC(S2)C1CO. The Balaban J connectivity index is 2.15. The molecule has 0 aromatic heterocycles. The Morgan fingerprint density at radius 3 is 1.82 bits per heavy atom. The van der Waals surface area contributed by atoms with Crippen molar-refractivity contribution in [2.45, 2.75) is 10.5 Å². The zero-order chi connectivity index (χ0) is 7.84. The number of hydrogen-bond acceptors (Lipinski definition) is 3. The summed E-state index contributed by atoms with van der Waals surface area (Å²) in [4.78, 5) is 0. The summed E-state index contributed by atoms with van der Waals surface area (Å²) >= 11 is 1.87. The van der Waals surface area contributed by atoms with E-state index in [-0.39, 0.29) is 13.2 Å². The standard InChI is InChI=1S/C8H12O2S/c9-3-5-6(4-10)8-2-1-7(5)11-8/h1-2,5-10H,3-4H2. The molecule has 0 saturated carbocycles. The highest BCUT2D eigenvalue weighted by Crippen LogP contribution is 2.48. The van der Waals surface area contributed by atoms with Gasteiger partial charge in [0.25, 0.3) is 0 Å². The fourth-order valence-corrected chi connectivity index (χ4v) is 3.65. The van der Waals surface area contributed by atoms with Crippen molar-refractivity contribution in [3.05, 3.63) is 12.2 Å². The number of aliphatic hydroxyl groups is 2. The molecule has 2 rings (SSSR count). The van der Waals surface area contributed by atoms with E-state index >= 15 is 0 Å². The molecule has 2 aliphatic heterocycles. The first-order valence-corrected chi connectivity index (χ1v) is 4.86. The number of fused-ring (bicyclic) bond motifs is 2. The number of aliphatic hydroxyl groups excluding tert-OH is 2. The van der Waals surface area contributed by atoms with Gasteiger partial charge in [-0.3, -0.25) is 0 Å². The fourth-order valence-electron chi connectivity index (χ4n) is 1.94. The van der Waals surface area contributed by atoms with E-state index in [9.17, 15) is 0 Å². The molecular formula is C8H12O2S. The molecule has 0 aromatic rings. The Morgan fingerprint density at radius 1 is 1.00 bits per heavy atom. The second-order valence-electron chi connectivity index (χ2n) is 3.14. The van der Waals surface area contributed by atoms with Gasteiger partial charge in [-0.05, 0) is 0 Å². The molecule has 2 bridgehead atoms. The summed E-state index contributed by atoms with van der Waals surface area (Å²) in [6.45, 7) is 0.424. The molecule has 0 radical (unpaired) electrons. The molecule has 2 nitrogen and oxygen atoms in total. The topological polar surface area (TPSA) is 40.5 Å². The van der Waals surface area contributed by atoms with E-state index in [1.54, 1.807) is 0 Å². The Morgan fingerprint density at radius 2 is 1.45 bits per heavy atom. The van der Waals surface area contributed by atoms with Crippen molar-refractivity contribution in [2.75, 3.05) is 13.2 Å². The van der Waals surface area contributed by atoms with Crippen molar-refractivity contribution in [1.29, 1.82) is 0 Å². The molecule has 11 heavy (non-hydrogen) atoms. The summed E-state index contributed by atoms with van der Waals surface area (Å²) < 4.78 is 0. The van der Waals surface area contributed by atoms with Crippen LogP contribution in [0.3, 0.4) is 0 Å². The molecule has 0 amide bonds. The molecule has 0 aromatic carbocycles. The quantitative estimate of drug-likeness (QED) is 0.587.